The van der Waals surface area contributed by atoms with Crippen molar-refractivity contribution in [2.45, 2.75) is 19.8 Å². The summed E-state index contributed by atoms with van der Waals surface area (Å²) in [6.45, 7) is 2.78. The molecular formula is C8H15N. The Balaban J connectivity index is 3.04. The second-order valence-electron chi connectivity index (χ2n) is 1.85. The van der Waals surface area contributed by atoms with Crippen molar-refractivity contribution in [2.75, 3.05) is 6.54 Å². The Morgan fingerprint density at radius 1 is 1.22 bits per heavy atom. The average molecular weight is 125 g/mol. The van der Waals surface area contributed by atoms with E-state index in [2.05, 4.69) is 18.2 Å². The van der Waals surface area contributed by atoms with Crippen LogP contribution in [0, 0.1) is 0 Å². The molecule has 2 N–H and O–H groups in total. The molecule has 0 spiro atoms. The summed E-state index contributed by atoms with van der Waals surface area (Å²) in [7, 11) is 0. The van der Waals surface area contributed by atoms with Crippen LogP contribution in [0.4, 0.5) is 0 Å². The van der Waals surface area contributed by atoms with Crippen molar-refractivity contribution >= 4 is 0 Å². The highest BCUT2D eigenvalue weighted by Crippen LogP contribution is 1.86. The van der Waals surface area contributed by atoms with Crippen molar-refractivity contribution in [3.8, 4) is 0 Å². The summed E-state index contributed by atoms with van der Waals surface area (Å²) >= 11 is 0. The van der Waals surface area contributed by atoms with Gasteiger partial charge in [-0.25, -0.2) is 0 Å². The Bertz CT molecular complexity index is 92.7. The van der Waals surface area contributed by atoms with Crippen LogP contribution in [-0.4, -0.2) is 6.54 Å². The van der Waals surface area contributed by atoms with Gasteiger partial charge in [0, 0.05) is 0 Å². The van der Waals surface area contributed by atoms with Crippen LogP contribution < -0.4 is 5.73 Å². The zero-order valence-corrected chi connectivity index (χ0v) is 6.01. The van der Waals surface area contributed by atoms with Crippen LogP contribution in [0.3, 0.4) is 0 Å². The monoisotopic (exact) mass is 125 g/mol. The third kappa shape index (κ3) is 7.44. The van der Waals surface area contributed by atoms with Gasteiger partial charge < -0.3 is 5.73 Å². The van der Waals surface area contributed by atoms with Gasteiger partial charge in [0.2, 0.25) is 0 Å². The Morgan fingerprint density at radius 3 is 2.56 bits per heavy atom. The highest BCUT2D eigenvalue weighted by atomic mass is 14.5. The predicted molar refractivity (Wildman–Crippen MR) is 42.2 cm³/mol. The third-order valence-corrected chi connectivity index (χ3v) is 1.01. The summed E-state index contributed by atoms with van der Waals surface area (Å²) in [5.41, 5.74) is 5.27. The SMILES string of the molecule is C/C=C\C/C=C\CCN. The van der Waals surface area contributed by atoms with E-state index in [4.69, 9.17) is 5.73 Å². The standard InChI is InChI=1S/C8H15N/c1-2-3-4-5-6-7-8-9/h2-3,5-6H,4,7-9H2,1H3/b3-2-,6-5-. The van der Waals surface area contributed by atoms with Crippen LogP contribution in [0.15, 0.2) is 24.3 Å². The number of allylic oxidation sites excluding steroid dienone is 3. The molecular weight excluding hydrogens is 110 g/mol. The molecule has 0 aromatic heterocycles. The van der Waals surface area contributed by atoms with Gasteiger partial charge in [-0.05, 0) is 26.3 Å². The fourth-order valence-electron chi connectivity index (χ4n) is 0.525. The maximum atomic E-state index is 5.27. The number of hydrogen-bond donors (Lipinski definition) is 1. The second-order valence-corrected chi connectivity index (χ2v) is 1.85. The van der Waals surface area contributed by atoms with Gasteiger partial charge in [-0.3, -0.25) is 0 Å². The number of nitrogens with two attached hydrogens (primary N) is 1. The van der Waals surface area contributed by atoms with E-state index in [1.54, 1.807) is 0 Å². The second kappa shape index (κ2) is 7.44. The molecule has 0 aliphatic carbocycles. The number of rotatable bonds is 4. The maximum absolute atomic E-state index is 5.27. The van der Waals surface area contributed by atoms with E-state index in [0.717, 1.165) is 19.4 Å². The van der Waals surface area contributed by atoms with E-state index >= 15 is 0 Å². The minimum atomic E-state index is 0.756. The van der Waals surface area contributed by atoms with Gasteiger partial charge in [0.05, 0.1) is 0 Å². The molecule has 0 heterocycles. The van der Waals surface area contributed by atoms with Crippen LogP contribution >= 0.6 is 0 Å². The van der Waals surface area contributed by atoms with Gasteiger partial charge in [0.1, 0.15) is 0 Å². The van der Waals surface area contributed by atoms with Crippen molar-refractivity contribution in [2.24, 2.45) is 5.73 Å². The van der Waals surface area contributed by atoms with Gasteiger partial charge in [-0.2, -0.15) is 0 Å². The van der Waals surface area contributed by atoms with Crippen LogP contribution in [0.25, 0.3) is 0 Å². The minimum absolute atomic E-state index is 0.756. The lowest BCUT2D eigenvalue weighted by atomic mass is 10.3. The third-order valence-electron chi connectivity index (χ3n) is 1.01. The van der Waals surface area contributed by atoms with Crippen LogP contribution in [0.5, 0.6) is 0 Å². The first-order valence-electron chi connectivity index (χ1n) is 3.38. The fraction of sp³-hybridized carbons (Fsp3) is 0.500. The van der Waals surface area contributed by atoms with Gasteiger partial charge in [0.15, 0.2) is 0 Å². The summed E-state index contributed by atoms with van der Waals surface area (Å²) in [6, 6.07) is 0. The van der Waals surface area contributed by atoms with Crippen molar-refractivity contribution in [1.82, 2.24) is 0 Å². The first kappa shape index (κ1) is 8.44. The molecule has 0 fully saturated rings. The Hall–Kier alpha value is -0.560. The Kier molecular flexibility index (Phi) is 6.98. The van der Waals surface area contributed by atoms with Gasteiger partial charge >= 0.3 is 0 Å². The van der Waals surface area contributed by atoms with E-state index in [-0.39, 0.29) is 0 Å². The molecule has 0 amide bonds. The van der Waals surface area contributed by atoms with E-state index in [9.17, 15) is 0 Å². The highest BCUT2D eigenvalue weighted by Gasteiger charge is 1.70. The summed E-state index contributed by atoms with van der Waals surface area (Å²) in [4.78, 5) is 0. The van der Waals surface area contributed by atoms with Gasteiger partial charge in [0.25, 0.3) is 0 Å². The molecule has 1 heteroatoms. The Labute approximate surface area is 57.3 Å². The topological polar surface area (TPSA) is 26.0 Å². The molecule has 0 aromatic carbocycles. The summed E-state index contributed by atoms with van der Waals surface area (Å²) in [5.74, 6) is 0. The highest BCUT2D eigenvalue weighted by molar-refractivity contribution is 4.91. The molecule has 1 nitrogen and oxygen atoms in total. The molecule has 9 heavy (non-hydrogen) atoms. The van der Waals surface area contributed by atoms with Crippen molar-refractivity contribution in [1.29, 1.82) is 0 Å². The predicted octanol–water partition coefficient (Wildman–Crippen LogP) is 1.86. The first-order valence-corrected chi connectivity index (χ1v) is 3.38. The maximum Gasteiger partial charge on any atom is -0.00426 e. The molecule has 52 valence electrons. The van der Waals surface area contributed by atoms with E-state index in [0.29, 0.717) is 0 Å². The molecule has 0 saturated heterocycles. The first-order chi connectivity index (χ1) is 4.41. The van der Waals surface area contributed by atoms with Crippen LogP contribution in [-0.2, 0) is 0 Å². The largest absolute Gasteiger partial charge is 0.330 e. The minimum Gasteiger partial charge on any atom is -0.330 e. The van der Waals surface area contributed by atoms with Crippen molar-refractivity contribution in [3.05, 3.63) is 24.3 Å². The van der Waals surface area contributed by atoms with Gasteiger partial charge in [-0.15, -0.1) is 0 Å². The van der Waals surface area contributed by atoms with Crippen LogP contribution in [0.1, 0.15) is 19.8 Å². The lowest BCUT2D eigenvalue weighted by molar-refractivity contribution is 1.00. The van der Waals surface area contributed by atoms with E-state index in [1.807, 2.05) is 13.0 Å². The zero-order valence-electron chi connectivity index (χ0n) is 6.01. The molecule has 0 saturated carbocycles. The summed E-state index contributed by atoms with van der Waals surface area (Å²) < 4.78 is 0. The smallest absolute Gasteiger partial charge is 0.00426 e. The molecule has 0 rings (SSSR count). The number of hydrogen-bond acceptors (Lipinski definition) is 1. The lowest BCUT2D eigenvalue weighted by Gasteiger charge is -1.82. The molecule has 0 bridgehead atoms. The van der Waals surface area contributed by atoms with Crippen molar-refractivity contribution in [3.63, 3.8) is 0 Å². The molecule has 0 aliphatic rings. The average Bonchev–Trinajstić information content (AvgIpc) is 1.89. The van der Waals surface area contributed by atoms with Crippen molar-refractivity contribution < 1.29 is 0 Å². The fourth-order valence-corrected chi connectivity index (χ4v) is 0.525. The van der Waals surface area contributed by atoms with E-state index < -0.39 is 0 Å². The summed E-state index contributed by atoms with van der Waals surface area (Å²) in [6.07, 6.45) is 10.4. The summed E-state index contributed by atoms with van der Waals surface area (Å²) in [5, 5.41) is 0. The zero-order chi connectivity index (χ0) is 6.95. The molecule has 0 aliphatic heterocycles. The molecule has 0 radical (unpaired) electrons. The lowest BCUT2D eigenvalue weighted by Crippen LogP contribution is -1.94. The molecule has 0 atom stereocenters. The quantitative estimate of drug-likeness (QED) is 0.570. The molecule has 0 aromatic rings. The van der Waals surface area contributed by atoms with E-state index in [1.165, 1.54) is 0 Å². The normalized spacial score (nSPS) is 11.8. The van der Waals surface area contributed by atoms with Crippen LogP contribution in [0.2, 0.25) is 0 Å². The molecule has 0 unspecified atom stereocenters. The van der Waals surface area contributed by atoms with Gasteiger partial charge in [-0.1, -0.05) is 24.3 Å². The Morgan fingerprint density at radius 2 is 2.00 bits per heavy atom.